The summed E-state index contributed by atoms with van der Waals surface area (Å²) in [6.45, 7) is 2.99. The predicted molar refractivity (Wildman–Crippen MR) is 82.3 cm³/mol. The van der Waals surface area contributed by atoms with E-state index >= 15 is 0 Å². The highest BCUT2D eigenvalue weighted by Gasteiger charge is 2.23. The molecule has 1 unspecified atom stereocenters. The van der Waals surface area contributed by atoms with Crippen LogP contribution in [0.4, 0.5) is 0 Å². The summed E-state index contributed by atoms with van der Waals surface area (Å²) in [5.74, 6) is 0.608. The summed E-state index contributed by atoms with van der Waals surface area (Å²) in [5, 5.41) is 0. The van der Waals surface area contributed by atoms with Crippen molar-refractivity contribution in [2.24, 2.45) is 0 Å². The molecule has 0 N–H and O–H groups in total. The van der Waals surface area contributed by atoms with Gasteiger partial charge in [0.1, 0.15) is 5.75 Å². The molecule has 21 heavy (non-hydrogen) atoms. The summed E-state index contributed by atoms with van der Waals surface area (Å²) in [5.41, 5.74) is 1.16. The second-order valence-corrected chi connectivity index (χ2v) is 5.82. The van der Waals surface area contributed by atoms with Crippen LogP contribution in [0, 0.1) is 0 Å². The lowest BCUT2D eigenvalue weighted by molar-refractivity contribution is -0.145. The highest BCUT2D eigenvalue weighted by molar-refractivity contribution is 9.10. The Labute approximate surface area is 133 Å². The van der Waals surface area contributed by atoms with Crippen molar-refractivity contribution in [2.75, 3.05) is 33.9 Å². The second-order valence-electron chi connectivity index (χ2n) is 4.97. The van der Waals surface area contributed by atoms with Gasteiger partial charge in [-0.05, 0) is 23.8 Å². The van der Waals surface area contributed by atoms with Gasteiger partial charge < -0.3 is 14.2 Å². The van der Waals surface area contributed by atoms with Crippen molar-refractivity contribution in [1.82, 2.24) is 4.90 Å². The number of morpholine rings is 1. The molecular formula is C15H20BrNO4. The maximum absolute atomic E-state index is 11.3. The van der Waals surface area contributed by atoms with E-state index in [4.69, 9.17) is 14.2 Å². The standard InChI is InChI=1S/C15H20BrNO4/c1-19-12-3-4-14(16)11(7-12)9-17-5-6-21-13(10-17)8-15(18)20-2/h3-4,7,13H,5-6,8-10H2,1-2H3. The first-order chi connectivity index (χ1) is 10.1. The molecule has 1 heterocycles. The number of ether oxygens (including phenoxy) is 3. The first-order valence-corrected chi connectivity index (χ1v) is 7.65. The normalized spacial score (nSPS) is 19.3. The van der Waals surface area contributed by atoms with Crippen LogP contribution in [0.5, 0.6) is 5.75 Å². The Morgan fingerprint density at radius 1 is 1.48 bits per heavy atom. The monoisotopic (exact) mass is 357 g/mol. The number of hydrogen-bond donors (Lipinski definition) is 0. The number of esters is 1. The van der Waals surface area contributed by atoms with Crippen molar-refractivity contribution >= 4 is 21.9 Å². The Morgan fingerprint density at radius 2 is 2.29 bits per heavy atom. The van der Waals surface area contributed by atoms with Crippen LogP contribution in [0.2, 0.25) is 0 Å². The Hall–Kier alpha value is -1.11. The number of carbonyl (C=O) groups is 1. The summed E-state index contributed by atoms with van der Waals surface area (Å²) in [6.07, 6.45) is 0.197. The van der Waals surface area contributed by atoms with E-state index in [-0.39, 0.29) is 12.1 Å². The molecule has 1 aromatic rings. The van der Waals surface area contributed by atoms with Gasteiger partial charge in [-0.3, -0.25) is 9.69 Å². The highest BCUT2D eigenvalue weighted by Crippen LogP contribution is 2.24. The van der Waals surface area contributed by atoms with Crippen molar-refractivity contribution in [3.05, 3.63) is 28.2 Å². The van der Waals surface area contributed by atoms with E-state index < -0.39 is 0 Å². The molecule has 116 valence electrons. The van der Waals surface area contributed by atoms with Gasteiger partial charge in [-0.2, -0.15) is 0 Å². The lowest BCUT2D eigenvalue weighted by Crippen LogP contribution is -2.42. The fourth-order valence-corrected chi connectivity index (χ4v) is 2.73. The third-order valence-electron chi connectivity index (χ3n) is 3.49. The highest BCUT2D eigenvalue weighted by atomic mass is 79.9. The molecule has 2 rings (SSSR count). The average Bonchev–Trinajstić information content (AvgIpc) is 2.49. The smallest absolute Gasteiger partial charge is 0.308 e. The molecule has 1 aliphatic rings. The van der Waals surface area contributed by atoms with E-state index in [9.17, 15) is 4.79 Å². The Kier molecular flexibility index (Phi) is 6.02. The molecule has 0 saturated carbocycles. The number of nitrogens with zero attached hydrogens (tertiary/aromatic N) is 1. The molecule has 1 atom stereocenters. The van der Waals surface area contributed by atoms with Crippen molar-refractivity contribution in [3.8, 4) is 5.75 Å². The summed E-state index contributed by atoms with van der Waals surface area (Å²) in [7, 11) is 3.06. The first kappa shape index (κ1) is 16.3. The average molecular weight is 358 g/mol. The van der Waals surface area contributed by atoms with Gasteiger partial charge >= 0.3 is 5.97 Å². The summed E-state index contributed by atoms with van der Waals surface area (Å²) in [6, 6.07) is 5.93. The minimum absolute atomic E-state index is 0.101. The SMILES string of the molecule is COC(=O)CC1CN(Cc2cc(OC)ccc2Br)CCO1. The van der Waals surface area contributed by atoms with Gasteiger partial charge in [-0.1, -0.05) is 15.9 Å². The van der Waals surface area contributed by atoms with Crippen LogP contribution in [-0.4, -0.2) is 50.9 Å². The maximum atomic E-state index is 11.3. The molecular weight excluding hydrogens is 338 g/mol. The molecule has 0 amide bonds. The van der Waals surface area contributed by atoms with Gasteiger partial charge in [0, 0.05) is 24.1 Å². The number of carbonyl (C=O) groups excluding carboxylic acids is 1. The van der Waals surface area contributed by atoms with E-state index in [1.54, 1.807) is 7.11 Å². The van der Waals surface area contributed by atoms with Gasteiger partial charge in [-0.25, -0.2) is 0 Å². The molecule has 6 heteroatoms. The van der Waals surface area contributed by atoms with Crippen molar-refractivity contribution in [2.45, 2.75) is 19.1 Å². The molecule has 0 radical (unpaired) electrons. The van der Waals surface area contributed by atoms with Crippen LogP contribution in [0.3, 0.4) is 0 Å². The number of methoxy groups -OCH3 is 2. The largest absolute Gasteiger partial charge is 0.497 e. The second kappa shape index (κ2) is 7.77. The Morgan fingerprint density at radius 3 is 3.00 bits per heavy atom. The Bertz CT molecular complexity index is 495. The van der Waals surface area contributed by atoms with E-state index in [1.165, 1.54) is 7.11 Å². The van der Waals surface area contributed by atoms with Gasteiger partial charge in [0.25, 0.3) is 0 Å². The first-order valence-electron chi connectivity index (χ1n) is 6.85. The summed E-state index contributed by atoms with van der Waals surface area (Å²) < 4.78 is 16.6. The quantitative estimate of drug-likeness (QED) is 0.756. The molecule has 0 aliphatic carbocycles. The van der Waals surface area contributed by atoms with Crippen LogP contribution >= 0.6 is 15.9 Å². The fourth-order valence-electron chi connectivity index (χ4n) is 2.36. The molecule has 1 aliphatic heterocycles. The van der Waals surface area contributed by atoms with E-state index in [0.29, 0.717) is 13.0 Å². The van der Waals surface area contributed by atoms with Crippen molar-refractivity contribution in [1.29, 1.82) is 0 Å². The van der Waals surface area contributed by atoms with Crippen LogP contribution in [-0.2, 0) is 20.8 Å². The molecule has 1 fully saturated rings. The van der Waals surface area contributed by atoms with Crippen molar-refractivity contribution < 1.29 is 19.0 Å². The zero-order valence-electron chi connectivity index (χ0n) is 12.3. The molecule has 1 aromatic carbocycles. The third-order valence-corrected chi connectivity index (χ3v) is 4.27. The van der Waals surface area contributed by atoms with Crippen LogP contribution in [0.1, 0.15) is 12.0 Å². The van der Waals surface area contributed by atoms with Gasteiger partial charge in [-0.15, -0.1) is 0 Å². The molecule has 5 nitrogen and oxygen atoms in total. The van der Waals surface area contributed by atoms with Gasteiger partial charge in [0.15, 0.2) is 0 Å². The molecule has 1 saturated heterocycles. The lowest BCUT2D eigenvalue weighted by Gasteiger charge is -2.32. The maximum Gasteiger partial charge on any atom is 0.308 e. The lowest BCUT2D eigenvalue weighted by atomic mass is 10.1. The number of halogens is 1. The van der Waals surface area contributed by atoms with Crippen LogP contribution < -0.4 is 4.74 Å². The van der Waals surface area contributed by atoms with Gasteiger partial charge in [0.2, 0.25) is 0 Å². The fraction of sp³-hybridized carbons (Fsp3) is 0.533. The molecule has 0 bridgehead atoms. The Balaban J connectivity index is 1.97. The van der Waals surface area contributed by atoms with Crippen LogP contribution in [0.25, 0.3) is 0 Å². The minimum atomic E-state index is -0.232. The third kappa shape index (κ3) is 4.69. The predicted octanol–water partition coefficient (Wildman–Crippen LogP) is 2.22. The van der Waals surface area contributed by atoms with E-state index in [0.717, 1.165) is 35.4 Å². The molecule has 0 spiro atoms. The topological polar surface area (TPSA) is 48.0 Å². The summed E-state index contributed by atoms with van der Waals surface area (Å²) >= 11 is 3.57. The number of rotatable bonds is 5. The number of hydrogen-bond acceptors (Lipinski definition) is 5. The minimum Gasteiger partial charge on any atom is -0.497 e. The van der Waals surface area contributed by atoms with E-state index in [2.05, 4.69) is 20.8 Å². The van der Waals surface area contributed by atoms with Crippen LogP contribution in [0.15, 0.2) is 22.7 Å². The van der Waals surface area contributed by atoms with Gasteiger partial charge in [0.05, 0.1) is 33.4 Å². The van der Waals surface area contributed by atoms with E-state index in [1.807, 2.05) is 18.2 Å². The zero-order chi connectivity index (χ0) is 15.2. The molecule has 0 aromatic heterocycles. The zero-order valence-corrected chi connectivity index (χ0v) is 13.9. The number of benzene rings is 1. The van der Waals surface area contributed by atoms with Crippen molar-refractivity contribution in [3.63, 3.8) is 0 Å². The summed E-state index contributed by atoms with van der Waals surface area (Å²) in [4.78, 5) is 13.6.